The number of rotatable bonds is 7. The number of nitrogens with one attached hydrogen (secondary N) is 1. The van der Waals surface area contributed by atoms with Gasteiger partial charge in [-0.2, -0.15) is 0 Å². The fourth-order valence-electron chi connectivity index (χ4n) is 3.25. The number of aromatic nitrogens is 2. The normalized spacial score (nSPS) is 11.5. The van der Waals surface area contributed by atoms with E-state index < -0.39 is 0 Å². The molecule has 3 rings (SSSR count). The fourth-order valence-corrected chi connectivity index (χ4v) is 3.66. The zero-order valence-electron chi connectivity index (χ0n) is 17.6. The third-order valence-electron chi connectivity index (χ3n) is 4.87. The van der Waals surface area contributed by atoms with E-state index in [-0.39, 0.29) is 0 Å². The van der Waals surface area contributed by atoms with Crippen LogP contribution in [0.5, 0.6) is 0 Å². The summed E-state index contributed by atoms with van der Waals surface area (Å²) >= 11 is 1.76. The van der Waals surface area contributed by atoms with Gasteiger partial charge in [0.2, 0.25) is 0 Å². The molecule has 0 aliphatic heterocycles. The number of aliphatic imine (C=N–C) groups is 1. The average Bonchev–Trinajstić information content (AvgIpc) is 3.14. The molecule has 1 heterocycles. The Bertz CT molecular complexity index is 946. The van der Waals surface area contributed by atoms with E-state index >= 15 is 0 Å². The number of hydrogen-bond acceptors (Lipinski definition) is 3. The maximum Gasteiger partial charge on any atom is 0.193 e. The van der Waals surface area contributed by atoms with Crippen LogP contribution in [0.4, 0.5) is 0 Å². The van der Waals surface area contributed by atoms with Gasteiger partial charge in [0, 0.05) is 51.0 Å². The van der Waals surface area contributed by atoms with Crippen molar-refractivity contribution < 1.29 is 0 Å². The van der Waals surface area contributed by atoms with E-state index in [1.54, 1.807) is 11.8 Å². The summed E-state index contributed by atoms with van der Waals surface area (Å²) in [4.78, 5) is 12.2. The molecule has 0 saturated heterocycles. The molecule has 0 unspecified atom stereocenters. The quantitative estimate of drug-likeness (QED) is 0.363. The van der Waals surface area contributed by atoms with Crippen molar-refractivity contribution in [2.24, 2.45) is 4.99 Å². The van der Waals surface area contributed by atoms with Crippen molar-refractivity contribution in [2.45, 2.75) is 31.5 Å². The Morgan fingerprint density at radius 2 is 1.90 bits per heavy atom. The lowest BCUT2D eigenvalue weighted by atomic mass is 10.1. The molecule has 0 bridgehead atoms. The van der Waals surface area contributed by atoms with Crippen LogP contribution < -0.4 is 5.32 Å². The van der Waals surface area contributed by atoms with Crippen molar-refractivity contribution in [1.29, 1.82) is 0 Å². The topological polar surface area (TPSA) is 45.5 Å². The first kappa shape index (κ1) is 21.0. The van der Waals surface area contributed by atoms with Crippen molar-refractivity contribution in [3.8, 4) is 0 Å². The van der Waals surface area contributed by atoms with Crippen molar-refractivity contribution in [3.63, 3.8) is 0 Å². The minimum absolute atomic E-state index is 0.735. The Labute approximate surface area is 177 Å². The summed E-state index contributed by atoms with van der Waals surface area (Å²) in [7, 11) is 3.89. The van der Waals surface area contributed by atoms with Crippen LogP contribution >= 0.6 is 11.8 Å². The predicted octanol–water partition coefficient (Wildman–Crippen LogP) is 4.17. The standard InChI is InChI=1S/C23H29N5S/c1-18-25-12-13-28(18)17-21-7-5-6-20(14-21)15-26-23(24-2)27(3)16-19-8-10-22(29-4)11-9-19/h5-14H,15-17H2,1-4H3,(H,24,26). The third kappa shape index (κ3) is 5.87. The van der Waals surface area contributed by atoms with Crippen LogP contribution in [0.25, 0.3) is 0 Å². The first-order valence-corrected chi connectivity index (χ1v) is 10.9. The highest BCUT2D eigenvalue weighted by atomic mass is 32.2. The maximum atomic E-state index is 4.44. The van der Waals surface area contributed by atoms with Crippen LogP contribution in [0.15, 0.2) is 70.8 Å². The largest absolute Gasteiger partial charge is 0.352 e. The monoisotopic (exact) mass is 407 g/mol. The highest BCUT2D eigenvalue weighted by molar-refractivity contribution is 7.98. The molecule has 0 aliphatic rings. The minimum atomic E-state index is 0.735. The highest BCUT2D eigenvalue weighted by Gasteiger charge is 2.07. The SMILES string of the molecule is CN=C(NCc1cccc(Cn2ccnc2C)c1)N(C)Cc1ccc(SC)cc1. The molecule has 0 fully saturated rings. The predicted molar refractivity (Wildman–Crippen MR) is 122 cm³/mol. The van der Waals surface area contributed by atoms with E-state index in [9.17, 15) is 0 Å². The molecule has 152 valence electrons. The summed E-state index contributed by atoms with van der Waals surface area (Å²) in [6, 6.07) is 17.3. The third-order valence-corrected chi connectivity index (χ3v) is 5.61. The molecule has 0 saturated carbocycles. The maximum absolute atomic E-state index is 4.44. The number of aryl methyl sites for hydroxylation is 1. The molecule has 0 aliphatic carbocycles. The molecule has 0 amide bonds. The summed E-state index contributed by atoms with van der Waals surface area (Å²) in [5.74, 6) is 1.91. The van der Waals surface area contributed by atoms with Gasteiger partial charge in [-0.3, -0.25) is 4.99 Å². The van der Waals surface area contributed by atoms with Gasteiger partial charge in [0.05, 0.1) is 0 Å². The zero-order valence-corrected chi connectivity index (χ0v) is 18.4. The van der Waals surface area contributed by atoms with E-state index in [0.29, 0.717) is 0 Å². The summed E-state index contributed by atoms with van der Waals surface area (Å²) in [6.45, 7) is 4.41. The summed E-state index contributed by atoms with van der Waals surface area (Å²) in [5.41, 5.74) is 3.77. The lowest BCUT2D eigenvalue weighted by Gasteiger charge is -2.22. The number of nitrogens with zero attached hydrogens (tertiary/aromatic N) is 4. The number of hydrogen-bond donors (Lipinski definition) is 1. The van der Waals surface area contributed by atoms with Gasteiger partial charge in [-0.25, -0.2) is 4.98 Å². The molecule has 5 nitrogen and oxygen atoms in total. The van der Waals surface area contributed by atoms with Gasteiger partial charge >= 0.3 is 0 Å². The van der Waals surface area contributed by atoms with Crippen LogP contribution in [0.3, 0.4) is 0 Å². The molecule has 6 heteroatoms. The fraction of sp³-hybridized carbons (Fsp3) is 0.304. The zero-order chi connectivity index (χ0) is 20.6. The van der Waals surface area contributed by atoms with Gasteiger partial charge in [-0.05, 0) is 42.0 Å². The van der Waals surface area contributed by atoms with E-state index in [1.165, 1.54) is 21.6 Å². The molecule has 0 atom stereocenters. The van der Waals surface area contributed by atoms with Crippen molar-refractivity contribution in [2.75, 3.05) is 20.4 Å². The highest BCUT2D eigenvalue weighted by Crippen LogP contribution is 2.15. The van der Waals surface area contributed by atoms with Crippen molar-refractivity contribution >= 4 is 17.7 Å². The summed E-state index contributed by atoms with van der Waals surface area (Å²) < 4.78 is 2.15. The van der Waals surface area contributed by atoms with Crippen molar-refractivity contribution in [3.05, 3.63) is 83.4 Å². The summed E-state index contributed by atoms with van der Waals surface area (Å²) in [6.07, 6.45) is 5.95. The number of thioether (sulfide) groups is 1. The smallest absolute Gasteiger partial charge is 0.193 e. The molecule has 0 radical (unpaired) electrons. The van der Waals surface area contributed by atoms with Gasteiger partial charge in [-0.15, -0.1) is 11.8 Å². The molecule has 1 N–H and O–H groups in total. The molecular formula is C23H29N5S. The van der Waals surface area contributed by atoms with Crippen LogP contribution in [-0.4, -0.2) is 40.8 Å². The minimum Gasteiger partial charge on any atom is -0.352 e. The Morgan fingerprint density at radius 1 is 1.14 bits per heavy atom. The molecule has 3 aromatic rings. The Kier molecular flexibility index (Phi) is 7.36. The lowest BCUT2D eigenvalue weighted by Crippen LogP contribution is -2.38. The van der Waals surface area contributed by atoms with E-state index in [4.69, 9.17) is 0 Å². The van der Waals surface area contributed by atoms with Gasteiger partial charge in [0.1, 0.15) is 5.82 Å². The van der Waals surface area contributed by atoms with Gasteiger partial charge < -0.3 is 14.8 Å². The molecule has 0 spiro atoms. The first-order chi connectivity index (χ1) is 14.1. The van der Waals surface area contributed by atoms with Gasteiger partial charge in [0.25, 0.3) is 0 Å². The van der Waals surface area contributed by atoms with Crippen LogP contribution in [0, 0.1) is 6.92 Å². The lowest BCUT2D eigenvalue weighted by molar-refractivity contribution is 0.476. The summed E-state index contributed by atoms with van der Waals surface area (Å²) in [5, 5.41) is 3.48. The number of guanidine groups is 1. The average molecular weight is 408 g/mol. The van der Waals surface area contributed by atoms with Gasteiger partial charge in [0.15, 0.2) is 5.96 Å². The first-order valence-electron chi connectivity index (χ1n) is 9.69. The Balaban J connectivity index is 1.58. The van der Waals surface area contributed by atoms with E-state index in [2.05, 4.69) is 86.6 Å². The van der Waals surface area contributed by atoms with E-state index in [1.807, 2.05) is 26.4 Å². The molecule has 2 aromatic carbocycles. The number of benzene rings is 2. The van der Waals surface area contributed by atoms with Crippen LogP contribution in [0.1, 0.15) is 22.5 Å². The van der Waals surface area contributed by atoms with E-state index in [0.717, 1.165) is 31.4 Å². The molecular weight excluding hydrogens is 378 g/mol. The second-order valence-corrected chi connectivity index (χ2v) is 7.91. The number of imidazole rings is 1. The van der Waals surface area contributed by atoms with Crippen LogP contribution in [-0.2, 0) is 19.6 Å². The Morgan fingerprint density at radius 3 is 2.55 bits per heavy atom. The Hall–Kier alpha value is -2.73. The second-order valence-electron chi connectivity index (χ2n) is 7.03. The van der Waals surface area contributed by atoms with Gasteiger partial charge in [-0.1, -0.05) is 36.4 Å². The molecule has 1 aromatic heterocycles. The van der Waals surface area contributed by atoms with Crippen molar-refractivity contribution in [1.82, 2.24) is 19.8 Å². The molecule has 29 heavy (non-hydrogen) atoms. The second kappa shape index (κ2) is 10.2. The van der Waals surface area contributed by atoms with Crippen LogP contribution in [0.2, 0.25) is 0 Å².